The molecule has 1 N–H and O–H groups in total. The van der Waals surface area contributed by atoms with Crippen molar-refractivity contribution in [3.05, 3.63) is 41.0 Å². The van der Waals surface area contributed by atoms with Crippen LogP contribution in [0, 0.1) is 13.8 Å². The van der Waals surface area contributed by atoms with Gasteiger partial charge in [-0.15, -0.1) is 0 Å². The second-order valence-corrected chi connectivity index (χ2v) is 4.73. The van der Waals surface area contributed by atoms with Crippen molar-refractivity contribution < 1.29 is 4.74 Å². The molecule has 17 heavy (non-hydrogen) atoms. The van der Waals surface area contributed by atoms with Crippen LogP contribution in [0.2, 0.25) is 0 Å². The number of benzene rings is 2. The first-order valence-electron chi connectivity index (χ1n) is 6.12. The molecule has 0 bridgehead atoms. The van der Waals surface area contributed by atoms with Gasteiger partial charge in [0.25, 0.3) is 0 Å². The van der Waals surface area contributed by atoms with E-state index in [1.807, 2.05) is 0 Å². The molecule has 88 valence electrons. The number of ether oxygens (including phenoxy) is 1. The molecule has 0 spiro atoms. The zero-order chi connectivity index (χ0) is 11.8. The molecule has 1 aliphatic heterocycles. The lowest BCUT2D eigenvalue weighted by Crippen LogP contribution is -2.16. The van der Waals surface area contributed by atoms with E-state index in [0.29, 0.717) is 0 Å². The first kappa shape index (κ1) is 10.6. The molecule has 1 aliphatic rings. The molecule has 0 unspecified atom stereocenters. The first-order valence-corrected chi connectivity index (χ1v) is 6.12. The van der Waals surface area contributed by atoms with Gasteiger partial charge in [0.2, 0.25) is 0 Å². The van der Waals surface area contributed by atoms with E-state index < -0.39 is 0 Å². The van der Waals surface area contributed by atoms with Gasteiger partial charge < -0.3 is 10.1 Å². The summed E-state index contributed by atoms with van der Waals surface area (Å²) in [5, 5.41) is 6.03. The Labute approximate surface area is 102 Å². The van der Waals surface area contributed by atoms with Crippen LogP contribution in [0.15, 0.2) is 24.3 Å². The molecule has 3 rings (SSSR count). The van der Waals surface area contributed by atoms with Gasteiger partial charge in [-0.1, -0.05) is 12.1 Å². The van der Waals surface area contributed by atoms with Crippen LogP contribution in [0.1, 0.15) is 16.7 Å². The van der Waals surface area contributed by atoms with E-state index in [-0.39, 0.29) is 0 Å². The van der Waals surface area contributed by atoms with Crippen LogP contribution in [0.3, 0.4) is 0 Å². The molecule has 0 saturated carbocycles. The Kier molecular flexibility index (Phi) is 2.52. The summed E-state index contributed by atoms with van der Waals surface area (Å²) in [6.45, 7) is 6.90. The molecule has 0 fully saturated rings. The van der Waals surface area contributed by atoms with Gasteiger partial charge in [-0.05, 0) is 47.9 Å². The van der Waals surface area contributed by atoms with E-state index in [1.54, 1.807) is 0 Å². The van der Waals surface area contributed by atoms with Crippen LogP contribution in [0.5, 0.6) is 5.75 Å². The SMILES string of the molecule is Cc1ccc(C)c2cc3c(cc12)CNCCO3. The molecule has 2 aromatic carbocycles. The van der Waals surface area contributed by atoms with Crippen LogP contribution >= 0.6 is 0 Å². The van der Waals surface area contributed by atoms with E-state index >= 15 is 0 Å². The fraction of sp³-hybridized carbons (Fsp3) is 0.333. The summed E-state index contributed by atoms with van der Waals surface area (Å²) in [6, 6.07) is 8.83. The van der Waals surface area contributed by atoms with Crippen molar-refractivity contribution in [2.75, 3.05) is 13.2 Å². The van der Waals surface area contributed by atoms with Crippen LogP contribution in [0.4, 0.5) is 0 Å². The highest BCUT2D eigenvalue weighted by Crippen LogP contribution is 2.30. The molecule has 0 radical (unpaired) electrons. The van der Waals surface area contributed by atoms with Gasteiger partial charge in [0.05, 0.1) is 0 Å². The minimum Gasteiger partial charge on any atom is -0.492 e. The third-order valence-electron chi connectivity index (χ3n) is 3.49. The van der Waals surface area contributed by atoms with Gasteiger partial charge in [0, 0.05) is 18.7 Å². The third kappa shape index (κ3) is 1.79. The molecule has 2 nitrogen and oxygen atoms in total. The summed E-state index contributed by atoms with van der Waals surface area (Å²) in [7, 11) is 0. The Balaban J connectivity index is 2.29. The highest BCUT2D eigenvalue weighted by Gasteiger charge is 2.11. The van der Waals surface area contributed by atoms with Gasteiger partial charge in [0.1, 0.15) is 12.4 Å². The second kappa shape index (κ2) is 4.04. The topological polar surface area (TPSA) is 21.3 Å². The van der Waals surface area contributed by atoms with Gasteiger partial charge in [-0.2, -0.15) is 0 Å². The fourth-order valence-electron chi connectivity index (χ4n) is 2.44. The number of hydrogen-bond acceptors (Lipinski definition) is 2. The summed E-state index contributed by atoms with van der Waals surface area (Å²) in [5.74, 6) is 1.04. The zero-order valence-corrected chi connectivity index (χ0v) is 10.3. The lowest BCUT2D eigenvalue weighted by molar-refractivity contribution is 0.326. The Morgan fingerprint density at radius 3 is 2.53 bits per heavy atom. The summed E-state index contributed by atoms with van der Waals surface area (Å²) in [5.41, 5.74) is 3.91. The normalized spacial score (nSPS) is 15.2. The number of fused-ring (bicyclic) bond motifs is 2. The van der Waals surface area contributed by atoms with Gasteiger partial charge >= 0.3 is 0 Å². The molecule has 0 atom stereocenters. The number of aryl methyl sites for hydroxylation is 2. The van der Waals surface area contributed by atoms with Crippen molar-refractivity contribution in [1.82, 2.24) is 5.32 Å². The Morgan fingerprint density at radius 1 is 1.06 bits per heavy atom. The standard InChI is InChI=1S/C15H17NO/c1-10-3-4-11(2)14-8-15-12(7-13(10)14)9-16-5-6-17-15/h3-4,7-8,16H,5-6,9H2,1-2H3. The van der Waals surface area contributed by atoms with E-state index in [1.165, 1.54) is 27.5 Å². The smallest absolute Gasteiger partial charge is 0.124 e. The number of hydrogen-bond donors (Lipinski definition) is 1. The van der Waals surface area contributed by atoms with Crippen LogP contribution in [-0.4, -0.2) is 13.2 Å². The maximum absolute atomic E-state index is 5.79. The first-order chi connectivity index (χ1) is 8.25. The monoisotopic (exact) mass is 227 g/mol. The zero-order valence-electron chi connectivity index (χ0n) is 10.3. The summed E-state index contributed by atoms with van der Waals surface area (Å²) in [6.07, 6.45) is 0. The molecule has 0 amide bonds. The Morgan fingerprint density at radius 2 is 1.76 bits per heavy atom. The van der Waals surface area contributed by atoms with Gasteiger partial charge in [-0.3, -0.25) is 0 Å². The van der Waals surface area contributed by atoms with Gasteiger partial charge in [0.15, 0.2) is 0 Å². The molecule has 0 aliphatic carbocycles. The fourth-order valence-corrected chi connectivity index (χ4v) is 2.44. The van der Waals surface area contributed by atoms with Crippen molar-refractivity contribution in [1.29, 1.82) is 0 Å². The molecule has 2 heteroatoms. The average Bonchev–Trinajstić information content (AvgIpc) is 2.57. The number of nitrogens with one attached hydrogen (secondary N) is 1. The maximum atomic E-state index is 5.79. The van der Waals surface area contributed by atoms with Crippen molar-refractivity contribution in [3.8, 4) is 5.75 Å². The summed E-state index contributed by atoms with van der Waals surface area (Å²) in [4.78, 5) is 0. The van der Waals surface area contributed by atoms with Crippen molar-refractivity contribution >= 4 is 10.8 Å². The van der Waals surface area contributed by atoms with Crippen LogP contribution < -0.4 is 10.1 Å². The van der Waals surface area contributed by atoms with Crippen LogP contribution in [-0.2, 0) is 6.54 Å². The second-order valence-electron chi connectivity index (χ2n) is 4.73. The quantitative estimate of drug-likeness (QED) is 0.747. The predicted molar refractivity (Wildman–Crippen MR) is 70.6 cm³/mol. The minimum absolute atomic E-state index is 0.753. The molecular weight excluding hydrogens is 210 g/mol. The number of rotatable bonds is 0. The molecular formula is C15H17NO. The van der Waals surface area contributed by atoms with E-state index in [4.69, 9.17) is 4.74 Å². The predicted octanol–water partition coefficient (Wildman–Crippen LogP) is 2.94. The molecule has 1 heterocycles. The van der Waals surface area contributed by atoms with Crippen LogP contribution in [0.25, 0.3) is 10.8 Å². The van der Waals surface area contributed by atoms with Crippen molar-refractivity contribution in [3.63, 3.8) is 0 Å². The molecule has 0 aromatic heterocycles. The highest BCUT2D eigenvalue weighted by atomic mass is 16.5. The third-order valence-corrected chi connectivity index (χ3v) is 3.49. The lowest BCUT2D eigenvalue weighted by atomic mass is 9.98. The lowest BCUT2D eigenvalue weighted by Gasteiger charge is -2.12. The molecule has 0 saturated heterocycles. The van der Waals surface area contributed by atoms with E-state index in [0.717, 1.165) is 25.4 Å². The van der Waals surface area contributed by atoms with Crippen molar-refractivity contribution in [2.24, 2.45) is 0 Å². The van der Waals surface area contributed by atoms with E-state index in [9.17, 15) is 0 Å². The summed E-state index contributed by atoms with van der Waals surface area (Å²) < 4.78 is 5.79. The average molecular weight is 227 g/mol. The Bertz CT molecular complexity index is 524. The van der Waals surface area contributed by atoms with E-state index in [2.05, 4.69) is 43.4 Å². The molecule has 2 aromatic rings. The van der Waals surface area contributed by atoms with Crippen molar-refractivity contribution in [2.45, 2.75) is 20.4 Å². The largest absolute Gasteiger partial charge is 0.492 e. The highest BCUT2D eigenvalue weighted by molar-refractivity contribution is 5.90. The Hall–Kier alpha value is -1.54. The maximum Gasteiger partial charge on any atom is 0.124 e. The minimum atomic E-state index is 0.753. The van der Waals surface area contributed by atoms with Gasteiger partial charge in [-0.25, -0.2) is 0 Å². The summed E-state index contributed by atoms with van der Waals surface area (Å²) >= 11 is 0.